The van der Waals surface area contributed by atoms with E-state index in [9.17, 15) is 26.3 Å². The Bertz CT molecular complexity index is 460. The Morgan fingerprint density at radius 2 is 1.94 bits per heavy atom. The van der Waals surface area contributed by atoms with Crippen LogP contribution in [0.1, 0.15) is 23.2 Å². The number of hydrogen-bond acceptors (Lipinski definition) is 2. The molecule has 0 aliphatic carbocycles. The predicted octanol–water partition coefficient (Wildman–Crippen LogP) is 3.24. The lowest BCUT2D eigenvalue weighted by Gasteiger charge is -2.12. The number of nitriles is 1. The molecule has 0 N–H and O–H groups in total. The first kappa shape index (κ1) is 13.3. The van der Waals surface area contributed by atoms with Gasteiger partial charge in [0.05, 0.1) is 18.1 Å². The van der Waals surface area contributed by atoms with Crippen molar-refractivity contribution < 1.29 is 26.3 Å². The van der Waals surface area contributed by atoms with E-state index in [2.05, 4.69) is 4.98 Å². The van der Waals surface area contributed by atoms with Crippen LogP contribution in [-0.4, -0.2) is 4.98 Å². The van der Waals surface area contributed by atoms with Gasteiger partial charge in [-0.25, -0.2) is 13.8 Å². The van der Waals surface area contributed by atoms with Gasteiger partial charge in [-0.05, 0) is 6.07 Å². The minimum absolute atomic E-state index is 0.188. The molecule has 0 spiro atoms. The van der Waals surface area contributed by atoms with E-state index >= 15 is 0 Å². The van der Waals surface area contributed by atoms with Crippen molar-refractivity contribution >= 4 is 0 Å². The molecule has 1 rings (SSSR count). The minimum atomic E-state index is -5.07. The molecule has 1 heterocycles. The molecule has 92 valence electrons. The van der Waals surface area contributed by atoms with Crippen molar-refractivity contribution in [3.05, 3.63) is 28.8 Å². The summed E-state index contributed by atoms with van der Waals surface area (Å²) in [5.74, 6) is -1.49. The fraction of sp³-hybridized carbons (Fsp3) is 0.333. The summed E-state index contributed by atoms with van der Waals surface area (Å²) in [6, 6.07) is 1.60. The second-order valence-electron chi connectivity index (χ2n) is 3.00. The number of nitrogens with zero attached hydrogens (tertiary/aromatic N) is 2. The first-order valence-electron chi connectivity index (χ1n) is 4.19. The highest BCUT2D eigenvalue weighted by Gasteiger charge is 2.37. The van der Waals surface area contributed by atoms with Crippen molar-refractivity contribution in [1.82, 2.24) is 4.98 Å². The summed E-state index contributed by atoms with van der Waals surface area (Å²) in [7, 11) is 0. The van der Waals surface area contributed by atoms with E-state index in [1.807, 2.05) is 0 Å². The zero-order valence-electron chi connectivity index (χ0n) is 8.02. The Labute approximate surface area is 91.5 Å². The quantitative estimate of drug-likeness (QED) is 0.600. The highest BCUT2D eigenvalue weighted by atomic mass is 19.4. The molecule has 0 aliphatic heterocycles. The molecule has 0 saturated carbocycles. The van der Waals surface area contributed by atoms with Crippen molar-refractivity contribution in [2.24, 2.45) is 0 Å². The molecule has 8 heteroatoms. The Morgan fingerprint density at radius 1 is 1.35 bits per heavy atom. The van der Waals surface area contributed by atoms with Gasteiger partial charge in [0.25, 0.3) is 6.43 Å². The van der Waals surface area contributed by atoms with Crippen LogP contribution in [0.3, 0.4) is 0 Å². The number of aromatic nitrogens is 1. The summed E-state index contributed by atoms with van der Waals surface area (Å²) >= 11 is 0. The molecule has 0 amide bonds. The van der Waals surface area contributed by atoms with E-state index in [1.54, 1.807) is 0 Å². The van der Waals surface area contributed by atoms with Crippen molar-refractivity contribution in [3.8, 4) is 6.07 Å². The van der Waals surface area contributed by atoms with Crippen molar-refractivity contribution in [1.29, 1.82) is 5.26 Å². The van der Waals surface area contributed by atoms with Crippen LogP contribution in [0.4, 0.5) is 26.3 Å². The van der Waals surface area contributed by atoms with Crippen LogP contribution in [-0.2, 0) is 12.6 Å². The fourth-order valence-corrected chi connectivity index (χ4v) is 1.15. The summed E-state index contributed by atoms with van der Waals surface area (Å²) in [5, 5.41) is 8.24. The Hall–Kier alpha value is -1.78. The van der Waals surface area contributed by atoms with Crippen LogP contribution < -0.4 is 0 Å². The van der Waals surface area contributed by atoms with Crippen LogP contribution in [0.5, 0.6) is 0 Å². The maximum atomic E-state index is 13.0. The Morgan fingerprint density at radius 3 is 2.35 bits per heavy atom. The van der Waals surface area contributed by atoms with Gasteiger partial charge in [-0.3, -0.25) is 0 Å². The lowest BCUT2D eigenvalue weighted by atomic mass is 10.1. The maximum Gasteiger partial charge on any atom is 0.418 e. The standard InChI is InChI=1S/C9H4F6N2/c10-7(11)6-5(9(13,14)15)3-4(1-2-16)8(12)17-6/h3,7H,1H2. The first-order chi connectivity index (χ1) is 7.77. The molecular formula is C9H4F6N2. The van der Waals surface area contributed by atoms with E-state index in [0.717, 1.165) is 0 Å². The third kappa shape index (κ3) is 2.87. The number of alkyl halides is 5. The fourth-order valence-electron chi connectivity index (χ4n) is 1.15. The minimum Gasteiger partial charge on any atom is -0.218 e. The number of rotatable bonds is 2. The van der Waals surface area contributed by atoms with Gasteiger partial charge in [0.2, 0.25) is 5.95 Å². The zero-order valence-corrected chi connectivity index (χ0v) is 8.02. The first-order valence-corrected chi connectivity index (χ1v) is 4.19. The van der Waals surface area contributed by atoms with Crippen LogP contribution >= 0.6 is 0 Å². The molecule has 2 nitrogen and oxygen atoms in total. The summed E-state index contributed by atoms with van der Waals surface area (Å²) in [5.41, 5.74) is -4.06. The molecule has 0 bridgehead atoms. The van der Waals surface area contributed by atoms with Crippen LogP contribution in [0, 0.1) is 17.3 Å². The third-order valence-electron chi connectivity index (χ3n) is 1.86. The highest BCUT2D eigenvalue weighted by Crippen LogP contribution is 2.36. The molecule has 0 aliphatic rings. The predicted molar refractivity (Wildman–Crippen MR) is 43.5 cm³/mol. The molecule has 0 atom stereocenters. The second-order valence-corrected chi connectivity index (χ2v) is 3.00. The van der Waals surface area contributed by atoms with Crippen molar-refractivity contribution in [2.45, 2.75) is 19.0 Å². The topological polar surface area (TPSA) is 36.7 Å². The molecule has 0 fully saturated rings. The van der Waals surface area contributed by atoms with Gasteiger partial charge in [-0.15, -0.1) is 0 Å². The molecule has 0 saturated heterocycles. The van der Waals surface area contributed by atoms with Gasteiger partial charge in [0, 0.05) is 5.56 Å². The van der Waals surface area contributed by atoms with E-state index in [4.69, 9.17) is 5.26 Å². The highest BCUT2D eigenvalue weighted by molar-refractivity contribution is 5.31. The molecule has 0 unspecified atom stereocenters. The Balaban J connectivity index is 3.44. The lowest BCUT2D eigenvalue weighted by Crippen LogP contribution is -2.14. The van der Waals surface area contributed by atoms with Crippen LogP contribution in [0.25, 0.3) is 0 Å². The van der Waals surface area contributed by atoms with Crippen molar-refractivity contribution in [2.75, 3.05) is 0 Å². The monoisotopic (exact) mass is 254 g/mol. The van der Waals surface area contributed by atoms with Gasteiger partial charge in [-0.2, -0.15) is 22.8 Å². The van der Waals surface area contributed by atoms with E-state index in [1.165, 1.54) is 6.07 Å². The number of pyridine rings is 1. The average Bonchev–Trinajstić information content (AvgIpc) is 2.18. The summed E-state index contributed by atoms with van der Waals surface area (Å²) in [6.45, 7) is 0. The van der Waals surface area contributed by atoms with Crippen molar-refractivity contribution in [3.63, 3.8) is 0 Å². The molecule has 0 aromatic carbocycles. The van der Waals surface area contributed by atoms with Gasteiger partial charge in [-0.1, -0.05) is 0 Å². The third-order valence-corrected chi connectivity index (χ3v) is 1.86. The SMILES string of the molecule is N#CCc1cc(C(F)(F)F)c(C(F)F)nc1F. The van der Waals surface area contributed by atoms with Gasteiger partial charge in [0.1, 0.15) is 5.69 Å². The van der Waals surface area contributed by atoms with Gasteiger partial charge in [0.15, 0.2) is 0 Å². The summed E-state index contributed by atoms with van der Waals surface area (Å²) in [4.78, 5) is 2.57. The molecule has 0 radical (unpaired) electrons. The number of hydrogen-bond donors (Lipinski definition) is 0. The van der Waals surface area contributed by atoms with Crippen LogP contribution in [0.15, 0.2) is 6.07 Å². The van der Waals surface area contributed by atoms with E-state index in [-0.39, 0.29) is 6.07 Å². The Kier molecular flexibility index (Phi) is 3.60. The average molecular weight is 254 g/mol. The molecule has 17 heavy (non-hydrogen) atoms. The smallest absolute Gasteiger partial charge is 0.218 e. The largest absolute Gasteiger partial charge is 0.418 e. The molecular weight excluding hydrogens is 250 g/mol. The van der Waals surface area contributed by atoms with Gasteiger partial charge < -0.3 is 0 Å². The van der Waals surface area contributed by atoms with Gasteiger partial charge >= 0.3 is 6.18 Å². The second kappa shape index (κ2) is 4.61. The normalized spacial score (nSPS) is 11.6. The maximum absolute atomic E-state index is 13.0. The zero-order chi connectivity index (χ0) is 13.2. The van der Waals surface area contributed by atoms with E-state index in [0.29, 0.717) is 0 Å². The van der Waals surface area contributed by atoms with Crippen LogP contribution in [0.2, 0.25) is 0 Å². The summed E-state index contributed by atoms with van der Waals surface area (Å²) in [6.07, 6.45) is -9.29. The molecule has 1 aromatic heterocycles. The molecule has 1 aromatic rings. The number of halogens is 6. The summed E-state index contributed by atoms with van der Waals surface area (Å²) < 4.78 is 74.7. The lowest BCUT2D eigenvalue weighted by molar-refractivity contribution is -0.140. The van der Waals surface area contributed by atoms with E-state index < -0.39 is 41.8 Å².